The van der Waals surface area contributed by atoms with E-state index in [2.05, 4.69) is 17.6 Å². The summed E-state index contributed by atoms with van der Waals surface area (Å²) in [7, 11) is -3.64. The van der Waals surface area contributed by atoms with Crippen LogP contribution in [0.15, 0.2) is 78.9 Å². The summed E-state index contributed by atoms with van der Waals surface area (Å²) in [5.74, 6) is -1.46. The monoisotopic (exact) mass is 433 g/mol. The molecule has 7 heteroatoms. The van der Waals surface area contributed by atoms with Gasteiger partial charge in [0.25, 0.3) is 0 Å². The van der Waals surface area contributed by atoms with E-state index in [9.17, 15) is 13.2 Å². The van der Waals surface area contributed by atoms with Crippen LogP contribution in [0.5, 0.6) is 0 Å². The van der Waals surface area contributed by atoms with Gasteiger partial charge in [-0.2, -0.15) is 5.26 Å². The highest BCUT2D eigenvalue weighted by molar-refractivity contribution is 7.91. The second-order valence-electron chi connectivity index (χ2n) is 7.24. The van der Waals surface area contributed by atoms with Crippen LogP contribution >= 0.6 is 0 Å². The highest BCUT2D eigenvalue weighted by Crippen LogP contribution is 2.20. The molecule has 0 bridgehead atoms. The molecule has 0 aliphatic heterocycles. The first-order chi connectivity index (χ1) is 14.8. The Bertz CT molecular complexity index is 1170. The normalized spacial score (nSPS) is 11.9. The molecule has 0 radical (unpaired) electrons. The third-order valence-corrected chi connectivity index (χ3v) is 6.15. The average molecular weight is 434 g/mol. The highest BCUT2D eigenvalue weighted by atomic mass is 32.2. The van der Waals surface area contributed by atoms with E-state index in [0.29, 0.717) is 16.8 Å². The van der Waals surface area contributed by atoms with Crippen LogP contribution in [-0.2, 0) is 20.4 Å². The van der Waals surface area contributed by atoms with Crippen molar-refractivity contribution in [1.82, 2.24) is 0 Å². The smallest absolute Gasteiger partial charge is 0.239 e. The number of anilines is 2. The molecule has 3 aromatic rings. The Hall–Kier alpha value is -3.63. The van der Waals surface area contributed by atoms with Gasteiger partial charge >= 0.3 is 0 Å². The van der Waals surface area contributed by atoms with Crippen LogP contribution in [0, 0.1) is 11.3 Å². The highest BCUT2D eigenvalue weighted by Gasteiger charge is 2.18. The summed E-state index contributed by atoms with van der Waals surface area (Å²) in [6, 6.07) is 25.5. The van der Waals surface area contributed by atoms with Crippen molar-refractivity contribution in [3.8, 4) is 6.07 Å². The zero-order valence-corrected chi connectivity index (χ0v) is 17.9. The molecule has 0 saturated heterocycles. The number of benzene rings is 3. The molecule has 1 unspecified atom stereocenters. The summed E-state index contributed by atoms with van der Waals surface area (Å²) in [5, 5.41) is 14.8. The molecule has 0 aliphatic rings. The lowest BCUT2D eigenvalue weighted by atomic mass is 10.1. The zero-order valence-electron chi connectivity index (χ0n) is 17.1. The minimum Gasteiger partial charge on any atom is -0.379 e. The molecule has 6 nitrogen and oxygen atoms in total. The summed E-state index contributed by atoms with van der Waals surface area (Å²) in [6.07, 6.45) is 0. The lowest BCUT2D eigenvalue weighted by Gasteiger charge is -2.16. The first-order valence-electron chi connectivity index (χ1n) is 9.75. The van der Waals surface area contributed by atoms with Gasteiger partial charge in [-0.15, -0.1) is 0 Å². The number of amides is 1. The van der Waals surface area contributed by atoms with E-state index in [-0.39, 0.29) is 11.8 Å². The van der Waals surface area contributed by atoms with E-state index in [4.69, 9.17) is 5.26 Å². The number of nitriles is 1. The van der Waals surface area contributed by atoms with Crippen LogP contribution in [0.3, 0.4) is 0 Å². The predicted octanol–water partition coefficient (Wildman–Crippen LogP) is 4.28. The number of rotatable bonds is 8. The largest absolute Gasteiger partial charge is 0.379 e. The van der Waals surface area contributed by atoms with Gasteiger partial charge in [-0.05, 0) is 54.4 Å². The molecule has 0 aromatic heterocycles. The summed E-state index contributed by atoms with van der Waals surface area (Å²) in [6.45, 7) is 2.06. The first-order valence-corrected chi connectivity index (χ1v) is 11.6. The standard InChI is InChI=1S/C24H23N3O3S/c1-18(21-5-3-2-4-6-21)26-22-11-13-23(14-12-22)27-24(28)17-31(29,30)16-20-9-7-19(15-25)8-10-20/h2-14,18,26H,16-17H2,1H3,(H,27,28). The number of nitrogens with one attached hydrogen (secondary N) is 2. The van der Waals surface area contributed by atoms with Crippen LogP contribution in [0.4, 0.5) is 11.4 Å². The molecule has 158 valence electrons. The minimum absolute atomic E-state index is 0.119. The number of hydrogen-bond acceptors (Lipinski definition) is 5. The molecule has 31 heavy (non-hydrogen) atoms. The Morgan fingerprint density at radius 1 is 0.935 bits per heavy atom. The maximum Gasteiger partial charge on any atom is 0.239 e. The van der Waals surface area contributed by atoms with E-state index in [1.165, 1.54) is 0 Å². The fourth-order valence-corrected chi connectivity index (χ4v) is 4.38. The van der Waals surface area contributed by atoms with Gasteiger partial charge in [0.1, 0.15) is 5.75 Å². The fraction of sp³-hybridized carbons (Fsp3) is 0.167. The molecule has 1 atom stereocenters. The van der Waals surface area contributed by atoms with Crippen molar-refractivity contribution < 1.29 is 13.2 Å². The van der Waals surface area contributed by atoms with Crippen LogP contribution in [0.2, 0.25) is 0 Å². The van der Waals surface area contributed by atoms with Crippen molar-refractivity contribution in [1.29, 1.82) is 5.26 Å². The SMILES string of the molecule is CC(Nc1ccc(NC(=O)CS(=O)(=O)Cc2ccc(C#N)cc2)cc1)c1ccccc1. The second kappa shape index (κ2) is 9.92. The van der Waals surface area contributed by atoms with Gasteiger partial charge in [0.15, 0.2) is 9.84 Å². The lowest BCUT2D eigenvalue weighted by Crippen LogP contribution is -2.24. The summed E-state index contributed by atoms with van der Waals surface area (Å²) in [4.78, 5) is 12.2. The Kier molecular flexibility index (Phi) is 7.06. The first kappa shape index (κ1) is 22.1. The molecule has 0 saturated carbocycles. The van der Waals surface area contributed by atoms with Crippen molar-refractivity contribution in [3.05, 3.63) is 95.6 Å². The molecular formula is C24H23N3O3S. The van der Waals surface area contributed by atoms with Gasteiger partial charge in [0, 0.05) is 17.4 Å². The number of sulfone groups is 1. The van der Waals surface area contributed by atoms with Crippen molar-refractivity contribution >= 4 is 27.1 Å². The molecule has 1 amide bonds. The fourth-order valence-electron chi connectivity index (χ4n) is 3.10. The summed E-state index contributed by atoms with van der Waals surface area (Å²) >= 11 is 0. The van der Waals surface area contributed by atoms with Gasteiger partial charge in [-0.3, -0.25) is 4.79 Å². The van der Waals surface area contributed by atoms with Crippen LogP contribution < -0.4 is 10.6 Å². The lowest BCUT2D eigenvalue weighted by molar-refractivity contribution is -0.113. The van der Waals surface area contributed by atoms with E-state index >= 15 is 0 Å². The number of hydrogen-bond donors (Lipinski definition) is 2. The Labute approximate surface area is 182 Å². The van der Waals surface area contributed by atoms with E-state index < -0.39 is 21.5 Å². The summed E-state index contributed by atoms with van der Waals surface area (Å²) in [5.41, 5.74) is 3.57. The third-order valence-electron chi connectivity index (χ3n) is 4.67. The zero-order chi connectivity index (χ0) is 22.3. The van der Waals surface area contributed by atoms with Crippen molar-refractivity contribution in [2.75, 3.05) is 16.4 Å². The average Bonchev–Trinajstić information content (AvgIpc) is 2.75. The maximum absolute atomic E-state index is 12.3. The molecule has 2 N–H and O–H groups in total. The number of carbonyl (C=O) groups excluding carboxylic acids is 1. The minimum atomic E-state index is -3.64. The third kappa shape index (κ3) is 6.69. The van der Waals surface area contributed by atoms with E-state index in [1.807, 2.05) is 48.5 Å². The topological polar surface area (TPSA) is 99.1 Å². The second-order valence-corrected chi connectivity index (χ2v) is 9.31. The van der Waals surface area contributed by atoms with Crippen molar-refractivity contribution in [3.63, 3.8) is 0 Å². The van der Waals surface area contributed by atoms with Crippen molar-refractivity contribution in [2.24, 2.45) is 0 Å². The summed E-state index contributed by atoms with van der Waals surface area (Å²) < 4.78 is 24.7. The van der Waals surface area contributed by atoms with Crippen LogP contribution in [0.25, 0.3) is 0 Å². The van der Waals surface area contributed by atoms with E-state index in [0.717, 1.165) is 11.3 Å². The van der Waals surface area contributed by atoms with Crippen LogP contribution in [0.1, 0.15) is 29.7 Å². The quantitative estimate of drug-likeness (QED) is 0.552. The Morgan fingerprint density at radius 2 is 1.55 bits per heavy atom. The van der Waals surface area contributed by atoms with Gasteiger partial charge in [-0.25, -0.2) is 8.42 Å². The van der Waals surface area contributed by atoms with Crippen molar-refractivity contribution in [2.45, 2.75) is 18.7 Å². The molecule has 0 spiro atoms. The maximum atomic E-state index is 12.3. The Morgan fingerprint density at radius 3 is 2.16 bits per heavy atom. The molecule has 0 fully saturated rings. The Balaban J connectivity index is 1.54. The van der Waals surface area contributed by atoms with Crippen LogP contribution in [-0.4, -0.2) is 20.1 Å². The molecule has 3 aromatic carbocycles. The van der Waals surface area contributed by atoms with Gasteiger partial charge in [-0.1, -0.05) is 42.5 Å². The predicted molar refractivity (Wildman–Crippen MR) is 122 cm³/mol. The van der Waals surface area contributed by atoms with Gasteiger partial charge < -0.3 is 10.6 Å². The molecule has 3 rings (SSSR count). The number of nitrogens with zero attached hydrogens (tertiary/aromatic N) is 1. The van der Waals surface area contributed by atoms with E-state index in [1.54, 1.807) is 36.4 Å². The number of carbonyl (C=O) groups is 1. The van der Waals surface area contributed by atoms with Gasteiger partial charge in [0.2, 0.25) is 5.91 Å². The molecule has 0 heterocycles. The van der Waals surface area contributed by atoms with Gasteiger partial charge in [0.05, 0.1) is 17.4 Å². The molecular weight excluding hydrogens is 410 g/mol. The molecule has 0 aliphatic carbocycles.